The van der Waals surface area contributed by atoms with Crippen LogP contribution in [0.3, 0.4) is 0 Å². The summed E-state index contributed by atoms with van der Waals surface area (Å²) >= 11 is 18.4. The molecule has 2 N–H and O–H groups in total. The average Bonchev–Trinajstić information content (AvgIpc) is 2.76. The lowest BCUT2D eigenvalue weighted by atomic mass is 10.1. The van der Waals surface area contributed by atoms with Crippen molar-refractivity contribution in [3.8, 4) is 5.75 Å². The fourth-order valence-electron chi connectivity index (χ4n) is 2.99. The van der Waals surface area contributed by atoms with Crippen molar-refractivity contribution in [2.75, 3.05) is 11.9 Å². The number of nitrogens with one attached hydrogen (secondary N) is 2. The van der Waals surface area contributed by atoms with Crippen molar-refractivity contribution in [1.29, 1.82) is 0 Å². The molecule has 0 atom stereocenters. The van der Waals surface area contributed by atoms with Gasteiger partial charge >= 0.3 is 0 Å². The number of carbonyl (C=O) groups is 1. The SMILES string of the molecule is CC(C)CNC(=O)c1cccc(NCc2cc(Cl)ccc2OCc2ccc(Cl)cc2Cl)c1. The summed E-state index contributed by atoms with van der Waals surface area (Å²) in [5, 5.41) is 8.02. The number of amides is 1. The van der Waals surface area contributed by atoms with Crippen LogP contribution >= 0.6 is 34.8 Å². The van der Waals surface area contributed by atoms with E-state index in [9.17, 15) is 4.79 Å². The van der Waals surface area contributed by atoms with Crippen LogP contribution in [0, 0.1) is 5.92 Å². The summed E-state index contributed by atoms with van der Waals surface area (Å²) in [6, 6.07) is 18.2. The molecule has 0 aliphatic heterocycles. The molecule has 0 aliphatic rings. The Hall–Kier alpha value is -2.40. The average molecular weight is 492 g/mol. The number of rotatable bonds is 9. The molecule has 0 unspecified atom stereocenters. The molecule has 0 heterocycles. The third-order valence-electron chi connectivity index (χ3n) is 4.70. The van der Waals surface area contributed by atoms with E-state index in [2.05, 4.69) is 24.5 Å². The van der Waals surface area contributed by atoms with Crippen LogP contribution in [-0.2, 0) is 13.2 Å². The van der Waals surface area contributed by atoms with Gasteiger partial charge < -0.3 is 15.4 Å². The van der Waals surface area contributed by atoms with Gasteiger partial charge in [-0.1, -0.05) is 60.8 Å². The van der Waals surface area contributed by atoms with Gasteiger partial charge in [0.2, 0.25) is 0 Å². The van der Waals surface area contributed by atoms with E-state index >= 15 is 0 Å². The third kappa shape index (κ3) is 7.06. The number of hydrogen-bond acceptors (Lipinski definition) is 3. The zero-order valence-electron chi connectivity index (χ0n) is 17.9. The van der Waals surface area contributed by atoms with Crippen LogP contribution < -0.4 is 15.4 Å². The molecule has 0 aliphatic carbocycles. The second-order valence-electron chi connectivity index (χ2n) is 7.81. The summed E-state index contributed by atoms with van der Waals surface area (Å²) in [7, 11) is 0. The van der Waals surface area contributed by atoms with Gasteiger partial charge in [0.25, 0.3) is 5.91 Å². The summed E-state index contributed by atoms with van der Waals surface area (Å²) < 4.78 is 6.01. The zero-order chi connectivity index (χ0) is 23.1. The van der Waals surface area contributed by atoms with Crippen molar-refractivity contribution in [3.63, 3.8) is 0 Å². The molecule has 3 aromatic rings. The molecule has 32 heavy (non-hydrogen) atoms. The van der Waals surface area contributed by atoms with E-state index in [-0.39, 0.29) is 5.91 Å². The van der Waals surface area contributed by atoms with Crippen molar-refractivity contribution in [3.05, 3.63) is 92.4 Å². The fraction of sp³-hybridized carbons (Fsp3) is 0.240. The highest BCUT2D eigenvalue weighted by molar-refractivity contribution is 6.35. The first-order chi connectivity index (χ1) is 15.3. The van der Waals surface area contributed by atoms with Gasteiger partial charge in [-0.05, 0) is 54.4 Å². The fourth-order valence-corrected chi connectivity index (χ4v) is 3.65. The van der Waals surface area contributed by atoms with Crippen LogP contribution in [0.15, 0.2) is 60.7 Å². The van der Waals surface area contributed by atoms with Crippen molar-refractivity contribution >= 4 is 46.4 Å². The van der Waals surface area contributed by atoms with Gasteiger partial charge in [0, 0.05) is 50.5 Å². The quantitative estimate of drug-likeness (QED) is 0.332. The Morgan fingerprint density at radius 2 is 1.69 bits per heavy atom. The zero-order valence-corrected chi connectivity index (χ0v) is 20.2. The second-order valence-corrected chi connectivity index (χ2v) is 9.09. The molecule has 3 rings (SSSR count). The summed E-state index contributed by atoms with van der Waals surface area (Å²) in [6.07, 6.45) is 0. The highest BCUT2D eigenvalue weighted by Gasteiger charge is 2.10. The lowest BCUT2D eigenvalue weighted by Gasteiger charge is -2.15. The van der Waals surface area contributed by atoms with Crippen molar-refractivity contribution in [2.45, 2.75) is 27.0 Å². The van der Waals surface area contributed by atoms with E-state index in [0.29, 0.717) is 52.0 Å². The molecular weight excluding hydrogens is 467 g/mol. The molecule has 0 fully saturated rings. The lowest BCUT2D eigenvalue weighted by Crippen LogP contribution is -2.27. The van der Waals surface area contributed by atoms with Crippen LogP contribution in [-0.4, -0.2) is 12.5 Å². The van der Waals surface area contributed by atoms with Gasteiger partial charge in [0.15, 0.2) is 0 Å². The summed E-state index contributed by atoms with van der Waals surface area (Å²) in [4.78, 5) is 12.3. The molecular formula is C25H25Cl3N2O2. The molecule has 168 valence electrons. The van der Waals surface area contributed by atoms with E-state index in [1.807, 2.05) is 36.4 Å². The van der Waals surface area contributed by atoms with Gasteiger partial charge in [0.1, 0.15) is 12.4 Å². The summed E-state index contributed by atoms with van der Waals surface area (Å²) in [6.45, 7) is 5.53. The topological polar surface area (TPSA) is 50.4 Å². The minimum Gasteiger partial charge on any atom is -0.488 e. The molecule has 7 heteroatoms. The first-order valence-corrected chi connectivity index (χ1v) is 11.4. The molecule has 0 aromatic heterocycles. The minimum absolute atomic E-state index is 0.0889. The number of benzene rings is 3. The maximum atomic E-state index is 12.3. The minimum atomic E-state index is -0.0889. The maximum absolute atomic E-state index is 12.3. The third-order valence-corrected chi connectivity index (χ3v) is 5.52. The van der Waals surface area contributed by atoms with E-state index in [1.54, 1.807) is 24.3 Å². The van der Waals surface area contributed by atoms with Crippen molar-refractivity contribution < 1.29 is 9.53 Å². The molecule has 3 aromatic carbocycles. The molecule has 0 bridgehead atoms. The predicted molar refractivity (Wildman–Crippen MR) is 133 cm³/mol. The number of hydrogen-bond donors (Lipinski definition) is 2. The van der Waals surface area contributed by atoms with Gasteiger partial charge in [-0.3, -0.25) is 4.79 Å². The van der Waals surface area contributed by atoms with Gasteiger partial charge in [0.05, 0.1) is 0 Å². The smallest absolute Gasteiger partial charge is 0.251 e. The van der Waals surface area contributed by atoms with Crippen molar-refractivity contribution in [2.24, 2.45) is 5.92 Å². The van der Waals surface area contributed by atoms with E-state index < -0.39 is 0 Å². The summed E-state index contributed by atoms with van der Waals surface area (Å²) in [5.41, 5.74) is 3.16. The highest BCUT2D eigenvalue weighted by atomic mass is 35.5. The Bertz CT molecular complexity index is 1090. The molecule has 0 saturated carbocycles. The van der Waals surface area contributed by atoms with Crippen molar-refractivity contribution in [1.82, 2.24) is 5.32 Å². The van der Waals surface area contributed by atoms with Crippen LogP contribution in [0.4, 0.5) is 5.69 Å². The Kier molecular flexibility index (Phi) is 8.68. The summed E-state index contributed by atoms with van der Waals surface area (Å²) in [5.74, 6) is 0.997. The lowest BCUT2D eigenvalue weighted by molar-refractivity contribution is 0.0949. The number of anilines is 1. The Morgan fingerprint density at radius 3 is 2.44 bits per heavy atom. The van der Waals surface area contributed by atoms with Crippen LogP contribution in [0.2, 0.25) is 15.1 Å². The molecule has 0 saturated heterocycles. The van der Waals surface area contributed by atoms with E-state index in [0.717, 1.165) is 16.8 Å². The standard InChI is InChI=1S/C25H25Cl3N2O2/c1-16(2)13-30-25(31)17-4-3-5-22(11-17)29-14-19-10-20(26)8-9-24(19)32-15-18-6-7-21(27)12-23(18)28/h3-12,16,29H,13-15H2,1-2H3,(H,30,31). The molecule has 0 radical (unpaired) electrons. The van der Waals surface area contributed by atoms with E-state index in [1.165, 1.54) is 0 Å². The highest BCUT2D eigenvalue weighted by Crippen LogP contribution is 2.27. The van der Waals surface area contributed by atoms with E-state index in [4.69, 9.17) is 39.5 Å². The number of carbonyl (C=O) groups excluding carboxylic acids is 1. The van der Waals surface area contributed by atoms with Gasteiger partial charge in [-0.2, -0.15) is 0 Å². The monoisotopic (exact) mass is 490 g/mol. The Balaban J connectivity index is 1.68. The van der Waals surface area contributed by atoms with Crippen LogP contribution in [0.5, 0.6) is 5.75 Å². The molecule has 0 spiro atoms. The molecule has 4 nitrogen and oxygen atoms in total. The Labute approximate surface area is 203 Å². The van der Waals surface area contributed by atoms with Gasteiger partial charge in [-0.15, -0.1) is 0 Å². The second kappa shape index (κ2) is 11.5. The first-order valence-electron chi connectivity index (χ1n) is 10.3. The first kappa shape index (κ1) is 24.2. The van der Waals surface area contributed by atoms with Crippen LogP contribution in [0.25, 0.3) is 0 Å². The normalized spacial score (nSPS) is 10.8. The number of ether oxygens (including phenoxy) is 1. The Morgan fingerprint density at radius 1 is 0.938 bits per heavy atom. The largest absolute Gasteiger partial charge is 0.488 e. The maximum Gasteiger partial charge on any atom is 0.251 e. The van der Waals surface area contributed by atoms with Crippen LogP contribution in [0.1, 0.15) is 35.3 Å². The number of halogens is 3. The van der Waals surface area contributed by atoms with Gasteiger partial charge in [-0.25, -0.2) is 0 Å². The molecule has 1 amide bonds. The predicted octanol–water partition coefficient (Wildman–Crippen LogP) is 7.22.